The highest BCUT2D eigenvalue weighted by atomic mass is 32.2. The number of amides is 1. The summed E-state index contributed by atoms with van der Waals surface area (Å²) in [4.78, 5) is 13.9. The van der Waals surface area contributed by atoms with Gasteiger partial charge in [-0.3, -0.25) is 4.79 Å². The van der Waals surface area contributed by atoms with Crippen LogP contribution in [0.2, 0.25) is 0 Å². The summed E-state index contributed by atoms with van der Waals surface area (Å²) >= 11 is 0. The van der Waals surface area contributed by atoms with Gasteiger partial charge in [-0.15, -0.1) is 0 Å². The average molecular weight is 336 g/mol. The van der Waals surface area contributed by atoms with Crippen LogP contribution in [0, 0.1) is 0 Å². The molecule has 2 aliphatic rings. The van der Waals surface area contributed by atoms with Crippen molar-refractivity contribution in [1.82, 2.24) is 9.21 Å². The van der Waals surface area contributed by atoms with Gasteiger partial charge in [0, 0.05) is 32.6 Å². The molecule has 1 aliphatic carbocycles. The van der Waals surface area contributed by atoms with E-state index in [0.29, 0.717) is 37.5 Å². The molecule has 0 bridgehead atoms. The summed E-state index contributed by atoms with van der Waals surface area (Å²) in [6.45, 7) is 3.56. The first-order chi connectivity index (χ1) is 11.0. The Kier molecular flexibility index (Phi) is 4.73. The van der Waals surface area contributed by atoms with E-state index >= 15 is 0 Å². The minimum Gasteiger partial charge on any atom is -0.340 e. The number of nitrogens with zero attached hydrogens (tertiary/aromatic N) is 2. The number of carbonyl (C=O) groups excluding carboxylic acids is 1. The molecule has 0 radical (unpaired) electrons. The maximum Gasteiger partial charge on any atom is 0.243 e. The molecule has 0 N–H and O–H groups in total. The molecule has 23 heavy (non-hydrogen) atoms. The van der Waals surface area contributed by atoms with Gasteiger partial charge in [0.2, 0.25) is 15.9 Å². The molecule has 6 heteroatoms. The van der Waals surface area contributed by atoms with Crippen LogP contribution in [0.1, 0.15) is 37.3 Å². The summed E-state index contributed by atoms with van der Waals surface area (Å²) in [6, 6.07) is 5.56. The monoisotopic (exact) mass is 336 g/mol. The maximum atomic E-state index is 12.8. The minimum atomic E-state index is -3.46. The van der Waals surface area contributed by atoms with Crippen molar-refractivity contribution < 1.29 is 13.2 Å². The molecule has 5 nitrogen and oxygen atoms in total. The van der Waals surface area contributed by atoms with Crippen molar-refractivity contribution in [2.24, 2.45) is 0 Å². The van der Waals surface area contributed by atoms with Gasteiger partial charge >= 0.3 is 0 Å². The number of aryl methyl sites for hydroxylation is 2. The van der Waals surface area contributed by atoms with Crippen LogP contribution < -0.4 is 0 Å². The molecule has 1 aliphatic heterocycles. The molecule has 0 unspecified atom stereocenters. The van der Waals surface area contributed by atoms with Crippen molar-refractivity contribution in [3.05, 3.63) is 29.3 Å². The lowest BCUT2D eigenvalue weighted by Gasteiger charge is -2.34. The Hall–Kier alpha value is -1.40. The van der Waals surface area contributed by atoms with E-state index in [9.17, 15) is 13.2 Å². The Balaban J connectivity index is 1.76. The lowest BCUT2D eigenvalue weighted by atomic mass is 9.92. The number of piperazine rings is 1. The van der Waals surface area contributed by atoms with Crippen LogP contribution in [0.4, 0.5) is 0 Å². The van der Waals surface area contributed by atoms with E-state index < -0.39 is 10.0 Å². The van der Waals surface area contributed by atoms with Gasteiger partial charge in [-0.1, -0.05) is 13.0 Å². The average Bonchev–Trinajstić information content (AvgIpc) is 2.60. The molecular weight excluding hydrogens is 312 g/mol. The first-order valence-corrected chi connectivity index (χ1v) is 9.86. The number of hydrogen-bond donors (Lipinski definition) is 0. The molecule has 1 heterocycles. The lowest BCUT2D eigenvalue weighted by Crippen LogP contribution is -2.50. The van der Waals surface area contributed by atoms with Gasteiger partial charge < -0.3 is 4.90 Å². The van der Waals surface area contributed by atoms with Crippen molar-refractivity contribution in [3.8, 4) is 0 Å². The minimum absolute atomic E-state index is 0.0934. The van der Waals surface area contributed by atoms with Crippen LogP contribution in [0.3, 0.4) is 0 Å². The van der Waals surface area contributed by atoms with E-state index in [2.05, 4.69) is 0 Å². The molecule has 0 atom stereocenters. The van der Waals surface area contributed by atoms with Crippen LogP contribution in [0.25, 0.3) is 0 Å². The summed E-state index contributed by atoms with van der Waals surface area (Å²) in [5.74, 6) is 0.0934. The van der Waals surface area contributed by atoms with E-state index in [4.69, 9.17) is 0 Å². The normalized spacial score (nSPS) is 19.4. The Morgan fingerprint density at radius 3 is 2.35 bits per heavy atom. The highest BCUT2D eigenvalue weighted by Crippen LogP contribution is 2.26. The van der Waals surface area contributed by atoms with Gasteiger partial charge in [0.05, 0.1) is 4.90 Å². The topological polar surface area (TPSA) is 57.7 Å². The molecular formula is C17H24N2O3S. The fourth-order valence-electron chi connectivity index (χ4n) is 3.42. The molecule has 1 aromatic carbocycles. The van der Waals surface area contributed by atoms with Crippen molar-refractivity contribution in [1.29, 1.82) is 0 Å². The number of rotatable bonds is 3. The fraction of sp³-hybridized carbons (Fsp3) is 0.588. The first kappa shape index (κ1) is 16.5. The standard InChI is InChI=1S/C17H24N2O3S/c1-2-17(20)18-9-11-19(12-10-18)23(21,22)16-8-7-14-5-3-4-6-15(14)13-16/h7-8,13H,2-6,9-12H2,1H3. The van der Waals surface area contributed by atoms with E-state index in [1.165, 1.54) is 21.9 Å². The summed E-state index contributed by atoms with van der Waals surface area (Å²) in [7, 11) is -3.46. The highest BCUT2D eigenvalue weighted by Gasteiger charge is 2.30. The number of hydrogen-bond acceptors (Lipinski definition) is 3. The molecule has 3 rings (SSSR count). The quantitative estimate of drug-likeness (QED) is 0.846. The Labute approximate surface area is 138 Å². The third kappa shape index (κ3) is 3.28. The van der Waals surface area contributed by atoms with E-state index in [1.54, 1.807) is 11.0 Å². The Morgan fingerprint density at radius 2 is 1.70 bits per heavy atom. The summed E-state index contributed by atoms with van der Waals surface area (Å²) in [5.41, 5.74) is 2.46. The summed E-state index contributed by atoms with van der Waals surface area (Å²) in [6.07, 6.45) is 4.81. The fourth-order valence-corrected chi connectivity index (χ4v) is 4.89. The summed E-state index contributed by atoms with van der Waals surface area (Å²) < 4.78 is 27.2. The zero-order valence-electron chi connectivity index (χ0n) is 13.6. The molecule has 126 valence electrons. The van der Waals surface area contributed by atoms with Crippen LogP contribution in [0.5, 0.6) is 0 Å². The third-order valence-corrected chi connectivity index (χ3v) is 6.75. The number of fused-ring (bicyclic) bond motifs is 1. The second kappa shape index (κ2) is 6.61. The molecule has 1 amide bonds. The van der Waals surface area contributed by atoms with Crippen molar-refractivity contribution in [2.45, 2.75) is 43.9 Å². The van der Waals surface area contributed by atoms with E-state index in [-0.39, 0.29) is 5.91 Å². The van der Waals surface area contributed by atoms with Crippen LogP contribution in [-0.4, -0.2) is 49.7 Å². The van der Waals surface area contributed by atoms with Gasteiger partial charge in [-0.25, -0.2) is 8.42 Å². The number of carbonyl (C=O) groups is 1. The van der Waals surface area contributed by atoms with Crippen molar-refractivity contribution in [2.75, 3.05) is 26.2 Å². The van der Waals surface area contributed by atoms with Gasteiger partial charge in [-0.05, 0) is 48.9 Å². The zero-order valence-corrected chi connectivity index (χ0v) is 14.4. The van der Waals surface area contributed by atoms with Crippen molar-refractivity contribution >= 4 is 15.9 Å². The number of sulfonamides is 1. The second-order valence-corrected chi connectivity index (χ2v) is 8.21. The Bertz CT molecular complexity index is 692. The molecule has 1 fully saturated rings. The maximum absolute atomic E-state index is 12.8. The first-order valence-electron chi connectivity index (χ1n) is 8.42. The largest absolute Gasteiger partial charge is 0.340 e. The zero-order chi connectivity index (χ0) is 16.4. The van der Waals surface area contributed by atoms with Crippen LogP contribution in [-0.2, 0) is 27.7 Å². The summed E-state index contributed by atoms with van der Waals surface area (Å²) in [5, 5.41) is 0. The van der Waals surface area contributed by atoms with Gasteiger partial charge in [0.15, 0.2) is 0 Å². The van der Waals surface area contributed by atoms with Gasteiger partial charge in [0.25, 0.3) is 0 Å². The second-order valence-electron chi connectivity index (χ2n) is 6.28. The number of benzene rings is 1. The van der Waals surface area contributed by atoms with E-state index in [0.717, 1.165) is 19.3 Å². The van der Waals surface area contributed by atoms with Gasteiger partial charge in [-0.2, -0.15) is 4.31 Å². The predicted molar refractivity (Wildman–Crippen MR) is 88.7 cm³/mol. The third-order valence-electron chi connectivity index (χ3n) is 4.85. The van der Waals surface area contributed by atoms with Crippen LogP contribution in [0.15, 0.2) is 23.1 Å². The van der Waals surface area contributed by atoms with Crippen molar-refractivity contribution in [3.63, 3.8) is 0 Å². The molecule has 0 aromatic heterocycles. The van der Waals surface area contributed by atoms with Crippen LogP contribution >= 0.6 is 0 Å². The smallest absolute Gasteiger partial charge is 0.243 e. The predicted octanol–water partition coefficient (Wildman–Crippen LogP) is 1.81. The molecule has 0 saturated carbocycles. The molecule has 1 aromatic rings. The van der Waals surface area contributed by atoms with E-state index in [1.807, 2.05) is 19.1 Å². The SMILES string of the molecule is CCC(=O)N1CCN(S(=O)(=O)c2ccc3c(c2)CCCC3)CC1. The highest BCUT2D eigenvalue weighted by molar-refractivity contribution is 7.89. The molecule has 0 spiro atoms. The van der Waals surface area contributed by atoms with Gasteiger partial charge in [0.1, 0.15) is 0 Å². The lowest BCUT2D eigenvalue weighted by molar-refractivity contribution is -0.132. The Morgan fingerprint density at radius 1 is 1.04 bits per heavy atom. The molecule has 1 saturated heterocycles.